The number of aromatic nitrogens is 1. The smallest absolute Gasteiger partial charge is 0.417 e. The van der Waals surface area contributed by atoms with Crippen LogP contribution < -0.4 is 10.5 Å². The van der Waals surface area contributed by atoms with Gasteiger partial charge in [0.25, 0.3) is 0 Å². The van der Waals surface area contributed by atoms with Crippen molar-refractivity contribution in [2.75, 3.05) is 6.61 Å². The number of hydrogen-bond donors (Lipinski definition) is 1. The van der Waals surface area contributed by atoms with Crippen molar-refractivity contribution in [3.8, 4) is 5.75 Å². The summed E-state index contributed by atoms with van der Waals surface area (Å²) in [5.74, 6) is 0.594. The Balaban J connectivity index is 2.37. The maximum absolute atomic E-state index is 11.0. The summed E-state index contributed by atoms with van der Waals surface area (Å²) in [6.45, 7) is 4.73. The molecule has 0 spiro atoms. The van der Waals surface area contributed by atoms with Crippen LogP contribution in [0.5, 0.6) is 5.75 Å². The summed E-state index contributed by atoms with van der Waals surface area (Å²) in [7, 11) is 0. The quantitative estimate of drug-likeness (QED) is 0.839. The van der Waals surface area contributed by atoms with Gasteiger partial charge in [-0.3, -0.25) is 4.98 Å². The molecule has 1 aromatic carbocycles. The Morgan fingerprint density at radius 1 is 1.47 bits per heavy atom. The van der Waals surface area contributed by atoms with Gasteiger partial charge in [-0.25, -0.2) is 4.79 Å². The van der Waals surface area contributed by atoms with E-state index in [1.165, 1.54) is 0 Å². The van der Waals surface area contributed by atoms with Crippen LogP contribution in [0.3, 0.4) is 0 Å². The summed E-state index contributed by atoms with van der Waals surface area (Å²) in [5, 5.41) is 0. The Morgan fingerprint density at radius 2 is 2.27 bits per heavy atom. The molecule has 0 aliphatic heterocycles. The lowest BCUT2D eigenvalue weighted by molar-refractivity contribution is 0.270. The van der Waals surface area contributed by atoms with Crippen molar-refractivity contribution < 1.29 is 9.15 Å². The first kappa shape index (κ1) is 9.83. The van der Waals surface area contributed by atoms with Crippen LogP contribution in [-0.4, -0.2) is 11.6 Å². The number of benzene rings is 1. The predicted octanol–water partition coefficient (Wildman–Crippen LogP) is 2.16. The summed E-state index contributed by atoms with van der Waals surface area (Å²) in [6.07, 6.45) is 0. The maximum atomic E-state index is 11.0. The van der Waals surface area contributed by atoms with E-state index in [-0.39, 0.29) is 0 Å². The first-order valence-electron chi connectivity index (χ1n) is 4.91. The highest BCUT2D eigenvalue weighted by atomic mass is 16.5. The molecular formula is C11H13NO3. The van der Waals surface area contributed by atoms with Crippen LogP contribution in [0, 0.1) is 5.92 Å². The zero-order valence-corrected chi connectivity index (χ0v) is 8.74. The van der Waals surface area contributed by atoms with E-state index < -0.39 is 5.76 Å². The summed E-state index contributed by atoms with van der Waals surface area (Å²) in [6, 6.07) is 5.40. The maximum Gasteiger partial charge on any atom is 0.417 e. The van der Waals surface area contributed by atoms with E-state index in [1.54, 1.807) is 12.1 Å². The molecule has 0 bridgehead atoms. The van der Waals surface area contributed by atoms with Crippen molar-refractivity contribution >= 4 is 11.1 Å². The highest BCUT2D eigenvalue weighted by Crippen LogP contribution is 2.23. The predicted molar refractivity (Wildman–Crippen MR) is 57.2 cm³/mol. The topological polar surface area (TPSA) is 55.2 Å². The van der Waals surface area contributed by atoms with Crippen LogP contribution in [0.1, 0.15) is 13.8 Å². The molecule has 1 heterocycles. The first-order chi connectivity index (χ1) is 7.16. The minimum Gasteiger partial charge on any atom is -0.489 e. The molecular weight excluding hydrogens is 194 g/mol. The second kappa shape index (κ2) is 3.81. The average molecular weight is 207 g/mol. The molecule has 2 rings (SSSR count). The molecule has 1 aromatic heterocycles. The number of aromatic amines is 1. The van der Waals surface area contributed by atoms with Crippen molar-refractivity contribution in [1.82, 2.24) is 4.98 Å². The summed E-state index contributed by atoms with van der Waals surface area (Å²) >= 11 is 0. The highest BCUT2D eigenvalue weighted by Gasteiger charge is 2.07. The van der Waals surface area contributed by atoms with Crippen LogP contribution >= 0.6 is 0 Å². The van der Waals surface area contributed by atoms with E-state index >= 15 is 0 Å². The third-order valence-electron chi connectivity index (χ3n) is 1.98. The third-order valence-corrected chi connectivity index (χ3v) is 1.98. The SMILES string of the molecule is CC(C)COc1cccc2[nH]c(=O)oc12. The van der Waals surface area contributed by atoms with Gasteiger partial charge in [0.1, 0.15) is 0 Å². The number of fused-ring (bicyclic) bond motifs is 1. The largest absolute Gasteiger partial charge is 0.489 e. The van der Waals surface area contributed by atoms with E-state index in [2.05, 4.69) is 18.8 Å². The number of para-hydroxylation sites is 1. The average Bonchev–Trinajstić information content (AvgIpc) is 2.55. The van der Waals surface area contributed by atoms with Crippen LogP contribution in [-0.2, 0) is 0 Å². The van der Waals surface area contributed by atoms with Crippen LogP contribution in [0.2, 0.25) is 0 Å². The number of H-pyrrole nitrogens is 1. The second-order valence-electron chi connectivity index (χ2n) is 3.85. The van der Waals surface area contributed by atoms with Crippen LogP contribution in [0.25, 0.3) is 11.1 Å². The van der Waals surface area contributed by atoms with Gasteiger partial charge in [-0.05, 0) is 18.1 Å². The Kier molecular flexibility index (Phi) is 2.49. The Hall–Kier alpha value is -1.71. The van der Waals surface area contributed by atoms with Gasteiger partial charge in [-0.2, -0.15) is 0 Å². The number of oxazole rings is 1. The van der Waals surface area contributed by atoms with Crippen molar-refractivity contribution in [2.24, 2.45) is 5.92 Å². The van der Waals surface area contributed by atoms with Gasteiger partial charge >= 0.3 is 5.76 Å². The molecule has 0 aliphatic rings. The van der Waals surface area contributed by atoms with E-state index in [4.69, 9.17) is 9.15 Å². The number of ether oxygens (including phenoxy) is 1. The molecule has 80 valence electrons. The molecule has 15 heavy (non-hydrogen) atoms. The molecule has 0 saturated heterocycles. The second-order valence-corrected chi connectivity index (χ2v) is 3.85. The summed E-state index contributed by atoms with van der Waals surface area (Å²) in [5.41, 5.74) is 1.16. The minimum atomic E-state index is -0.453. The lowest BCUT2D eigenvalue weighted by Crippen LogP contribution is -2.04. The number of rotatable bonds is 3. The van der Waals surface area contributed by atoms with E-state index in [9.17, 15) is 4.79 Å². The molecule has 0 amide bonds. The lowest BCUT2D eigenvalue weighted by atomic mass is 10.2. The molecule has 0 aliphatic carbocycles. The molecule has 0 fully saturated rings. The van der Waals surface area contributed by atoms with Gasteiger partial charge in [-0.15, -0.1) is 0 Å². The molecule has 1 N–H and O–H groups in total. The Bertz CT molecular complexity index is 510. The van der Waals surface area contributed by atoms with Gasteiger partial charge < -0.3 is 9.15 Å². The molecule has 0 radical (unpaired) electrons. The fourth-order valence-electron chi connectivity index (χ4n) is 1.32. The fourth-order valence-corrected chi connectivity index (χ4v) is 1.32. The van der Waals surface area contributed by atoms with Crippen molar-refractivity contribution in [3.63, 3.8) is 0 Å². The standard InChI is InChI=1S/C11H13NO3/c1-7(2)6-14-9-5-3-4-8-10(9)15-11(13)12-8/h3-5,7H,6H2,1-2H3,(H,12,13). The molecule has 4 nitrogen and oxygen atoms in total. The molecule has 4 heteroatoms. The third kappa shape index (κ3) is 2.03. The normalized spacial score (nSPS) is 11.1. The van der Waals surface area contributed by atoms with E-state index in [0.29, 0.717) is 29.4 Å². The number of hydrogen-bond acceptors (Lipinski definition) is 3. The van der Waals surface area contributed by atoms with Crippen molar-refractivity contribution in [2.45, 2.75) is 13.8 Å². The Labute approximate surface area is 86.9 Å². The van der Waals surface area contributed by atoms with E-state index in [0.717, 1.165) is 0 Å². The lowest BCUT2D eigenvalue weighted by Gasteiger charge is -2.07. The summed E-state index contributed by atoms with van der Waals surface area (Å²) in [4.78, 5) is 13.6. The first-order valence-corrected chi connectivity index (χ1v) is 4.91. The molecule has 2 aromatic rings. The van der Waals surface area contributed by atoms with Crippen LogP contribution in [0.4, 0.5) is 0 Å². The van der Waals surface area contributed by atoms with Gasteiger partial charge in [0.2, 0.25) is 0 Å². The van der Waals surface area contributed by atoms with Gasteiger partial charge in [0.15, 0.2) is 11.3 Å². The molecule has 0 atom stereocenters. The van der Waals surface area contributed by atoms with E-state index in [1.807, 2.05) is 6.07 Å². The summed E-state index contributed by atoms with van der Waals surface area (Å²) < 4.78 is 10.5. The van der Waals surface area contributed by atoms with Crippen molar-refractivity contribution in [1.29, 1.82) is 0 Å². The fraction of sp³-hybridized carbons (Fsp3) is 0.364. The Morgan fingerprint density at radius 3 is 3.00 bits per heavy atom. The van der Waals surface area contributed by atoms with Gasteiger partial charge in [0, 0.05) is 0 Å². The molecule has 0 unspecified atom stereocenters. The zero-order chi connectivity index (χ0) is 10.8. The van der Waals surface area contributed by atoms with Crippen LogP contribution in [0.15, 0.2) is 27.4 Å². The zero-order valence-electron chi connectivity index (χ0n) is 8.74. The van der Waals surface area contributed by atoms with Crippen molar-refractivity contribution in [3.05, 3.63) is 28.7 Å². The molecule has 0 saturated carbocycles. The number of nitrogens with one attached hydrogen (secondary N) is 1. The monoisotopic (exact) mass is 207 g/mol. The van der Waals surface area contributed by atoms with Gasteiger partial charge in [-0.1, -0.05) is 19.9 Å². The van der Waals surface area contributed by atoms with Gasteiger partial charge in [0.05, 0.1) is 12.1 Å². The highest BCUT2D eigenvalue weighted by molar-refractivity contribution is 5.78. The minimum absolute atomic E-state index is 0.436.